The number of nitrogens with one attached hydrogen (secondary N) is 1. The Morgan fingerprint density at radius 2 is 2.22 bits per heavy atom. The van der Waals surface area contributed by atoms with Crippen LogP contribution in [-0.4, -0.2) is 11.4 Å². The van der Waals surface area contributed by atoms with Crippen molar-refractivity contribution in [1.82, 2.24) is 5.32 Å². The summed E-state index contributed by atoms with van der Waals surface area (Å²) in [6.45, 7) is 3.91. The number of amides is 1. The molecule has 0 atom stereocenters. The van der Waals surface area contributed by atoms with Gasteiger partial charge in [-0.1, -0.05) is 6.07 Å². The first-order valence-electron chi connectivity index (χ1n) is 5.56. The van der Waals surface area contributed by atoms with E-state index in [4.69, 9.17) is 11.0 Å². The SMILES string of the molecule is CC(C)(CC(N)=O)NCc1ccc(C#N)cc1F. The van der Waals surface area contributed by atoms with Gasteiger partial charge in [-0.25, -0.2) is 4.39 Å². The van der Waals surface area contributed by atoms with Crippen LogP contribution >= 0.6 is 0 Å². The topological polar surface area (TPSA) is 78.9 Å². The Labute approximate surface area is 106 Å². The first kappa shape index (κ1) is 14.1. The minimum atomic E-state index is -0.494. The van der Waals surface area contributed by atoms with Crippen LogP contribution in [0.25, 0.3) is 0 Å². The van der Waals surface area contributed by atoms with Crippen molar-refractivity contribution in [3.05, 3.63) is 35.1 Å². The minimum Gasteiger partial charge on any atom is -0.370 e. The summed E-state index contributed by atoms with van der Waals surface area (Å²) in [7, 11) is 0. The Balaban J connectivity index is 2.69. The van der Waals surface area contributed by atoms with Crippen LogP contribution in [0.1, 0.15) is 31.4 Å². The molecule has 18 heavy (non-hydrogen) atoms. The van der Waals surface area contributed by atoms with Crippen LogP contribution in [0.3, 0.4) is 0 Å². The van der Waals surface area contributed by atoms with Crippen molar-refractivity contribution in [2.24, 2.45) is 5.73 Å². The van der Waals surface area contributed by atoms with Gasteiger partial charge in [-0.2, -0.15) is 5.26 Å². The highest BCUT2D eigenvalue weighted by molar-refractivity contribution is 5.74. The first-order chi connectivity index (χ1) is 8.34. The molecule has 0 unspecified atom stereocenters. The van der Waals surface area contributed by atoms with Gasteiger partial charge in [-0.15, -0.1) is 0 Å². The second kappa shape index (κ2) is 5.61. The predicted octanol–water partition coefficient (Wildman–Crippen LogP) is 1.44. The fraction of sp³-hybridized carbons (Fsp3) is 0.385. The fourth-order valence-electron chi connectivity index (χ4n) is 1.59. The van der Waals surface area contributed by atoms with Crippen molar-refractivity contribution in [3.63, 3.8) is 0 Å². The summed E-state index contributed by atoms with van der Waals surface area (Å²) < 4.78 is 13.6. The third-order valence-electron chi connectivity index (χ3n) is 2.56. The van der Waals surface area contributed by atoms with Crippen molar-refractivity contribution in [2.75, 3.05) is 0 Å². The van der Waals surface area contributed by atoms with E-state index in [0.717, 1.165) is 0 Å². The van der Waals surface area contributed by atoms with Crippen molar-refractivity contribution in [1.29, 1.82) is 5.26 Å². The lowest BCUT2D eigenvalue weighted by molar-refractivity contribution is -0.119. The molecule has 0 saturated carbocycles. The Morgan fingerprint density at radius 3 is 2.72 bits per heavy atom. The molecule has 1 aromatic carbocycles. The highest BCUT2D eigenvalue weighted by Gasteiger charge is 2.20. The molecule has 1 rings (SSSR count). The summed E-state index contributed by atoms with van der Waals surface area (Å²) in [5.41, 5.74) is 5.37. The van der Waals surface area contributed by atoms with E-state index in [1.165, 1.54) is 6.07 Å². The maximum atomic E-state index is 13.6. The van der Waals surface area contributed by atoms with E-state index in [9.17, 15) is 9.18 Å². The van der Waals surface area contributed by atoms with Gasteiger partial charge in [0, 0.05) is 24.1 Å². The summed E-state index contributed by atoms with van der Waals surface area (Å²) in [4.78, 5) is 10.8. The molecule has 5 heteroatoms. The number of nitrogens with zero attached hydrogens (tertiary/aromatic N) is 1. The molecule has 1 aromatic rings. The Morgan fingerprint density at radius 1 is 1.56 bits per heavy atom. The van der Waals surface area contributed by atoms with Crippen LogP contribution in [0.2, 0.25) is 0 Å². The average Bonchev–Trinajstić information content (AvgIpc) is 2.25. The van der Waals surface area contributed by atoms with Gasteiger partial charge in [-0.3, -0.25) is 4.79 Å². The van der Waals surface area contributed by atoms with Crippen LogP contribution in [0.15, 0.2) is 18.2 Å². The molecule has 0 saturated heterocycles. The molecule has 0 aliphatic carbocycles. The van der Waals surface area contributed by atoms with Gasteiger partial charge in [-0.05, 0) is 26.0 Å². The summed E-state index contributed by atoms with van der Waals surface area (Å²) in [5, 5.41) is 11.7. The van der Waals surface area contributed by atoms with Gasteiger partial charge < -0.3 is 11.1 Å². The number of nitriles is 1. The zero-order valence-electron chi connectivity index (χ0n) is 10.5. The Kier molecular flexibility index (Phi) is 4.40. The van der Waals surface area contributed by atoms with Gasteiger partial charge >= 0.3 is 0 Å². The number of halogens is 1. The second-order valence-corrected chi connectivity index (χ2v) is 4.80. The maximum absolute atomic E-state index is 13.6. The number of hydrogen-bond donors (Lipinski definition) is 2. The minimum absolute atomic E-state index is 0.172. The third kappa shape index (κ3) is 4.15. The lowest BCUT2D eigenvalue weighted by atomic mass is 9.99. The zero-order valence-corrected chi connectivity index (χ0v) is 10.5. The summed E-state index contributed by atoms with van der Waals surface area (Å²) in [6, 6.07) is 6.18. The number of benzene rings is 1. The van der Waals surface area contributed by atoms with Crippen LogP contribution in [0.4, 0.5) is 4.39 Å². The third-order valence-corrected chi connectivity index (χ3v) is 2.56. The van der Waals surface area contributed by atoms with E-state index < -0.39 is 17.3 Å². The largest absolute Gasteiger partial charge is 0.370 e. The van der Waals surface area contributed by atoms with Crippen LogP contribution in [0.5, 0.6) is 0 Å². The number of primary amides is 1. The van der Waals surface area contributed by atoms with E-state index in [1.54, 1.807) is 12.1 Å². The lowest BCUT2D eigenvalue weighted by Gasteiger charge is -2.25. The number of nitrogens with two attached hydrogens (primary N) is 1. The van der Waals surface area contributed by atoms with Crippen molar-refractivity contribution in [2.45, 2.75) is 32.4 Å². The molecule has 0 radical (unpaired) electrons. The highest BCUT2D eigenvalue weighted by Crippen LogP contribution is 2.13. The normalized spacial score (nSPS) is 11.0. The van der Waals surface area contributed by atoms with Crippen molar-refractivity contribution >= 4 is 5.91 Å². The van der Waals surface area contributed by atoms with Gasteiger partial charge in [0.25, 0.3) is 0 Å². The zero-order chi connectivity index (χ0) is 13.8. The molecule has 0 bridgehead atoms. The summed E-state index contributed by atoms with van der Waals surface area (Å²) in [5.74, 6) is -0.843. The molecule has 0 fully saturated rings. The standard InChI is InChI=1S/C13H16FN3O/c1-13(2,6-12(16)18)17-8-10-4-3-9(7-15)5-11(10)14/h3-5,17H,6,8H2,1-2H3,(H2,16,18). The Hall–Kier alpha value is -1.93. The molecule has 4 nitrogen and oxygen atoms in total. The molecular weight excluding hydrogens is 233 g/mol. The van der Waals surface area contributed by atoms with Gasteiger partial charge in [0.15, 0.2) is 0 Å². The van der Waals surface area contributed by atoms with E-state index in [1.807, 2.05) is 19.9 Å². The number of carbonyl (C=O) groups excluding carboxylic acids is 1. The van der Waals surface area contributed by atoms with Gasteiger partial charge in [0.1, 0.15) is 5.82 Å². The van der Waals surface area contributed by atoms with Gasteiger partial charge in [0.2, 0.25) is 5.91 Å². The molecule has 0 spiro atoms. The molecular formula is C13H16FN3O. The molecule has 0 aromatic heterocycles. The molecule has 0 heterocycles. The quantitative estimate of drug-likeness (QED) is 0.828. The molecule has 3 N–H and O–H groups in total. The van der Waals surface area contributed by atoms with Gasteiger partial charge in [0.05, 0.1) is 11.6 Å². The smallest absolute Gasteiger partial charge is 0.219 e. The number of carbonyl (C=O) groups is 1. The maximum Gasteiger partial charge on any atom is 0.219 e. The molecule has 96 valence electrons. The number of hydrogen-bond acceptors (Lipinski definition) is 3. The van der Waals surface area contributed by atoms with E-state index in [2.05, 4.69) is 5.32 Å². The van der Waals surface area contributed by atoms with E-state index in [0.29, 0.717) is 5.56 Å². The second-order valence-electron chi connectivity index (χ2n) is 4.80. The van der Waals surface area contributed by atoms with Crippen LogP contribution < -0.4 is 11.1 Å². The van der Waals surface area contributed by atoms with Crippen molar-refractivity contribution < 1.29 is 9.18 Å². The lowest BCUT2D eigenvalue weighted by Crippen LogP contribution is -2.42. The van der Waals surface area contributed by atoms with Crippen LogP contribution in [-0.2, 0) is 11.3 Å². The highest BCUT2D eigenvalue weighted by atomic mass is 19.1. The molecule has 1 amide bonds. The number of rotatable bonds is 5. The monoisotopic (exact) mass is 249 g/mol. The predicted molar refractivity (Wildman–Crippen MR) is 65.8 cm³/mol. The fourth-order valence-corrected chi connectivity index (χ4v) is 1.59. The average molecular weight is 249 g/mol. The summed E-state index contributed by atoms with van der Waals surface area (Å²) >= 11 is 0. The molecule has 0 aliphatic rings. The first-order valence-corrected chi connectivity index (χ1v) is 5.56. The Bertz CT molecular complexity index is 491. The summed E-state index contributed by atoms with van der Waals surface area (Å²) in [6.07, 6.45) is 0.172. The molecule has 0 aliphatic heterocycles. The van der Waals surface area contributed by atoms with E-state index in [-0.39, 0.29) is 18.5 Å². The van der Waals surface area contributed by atoms with E-state index >= 15 is 0 Å². The van der Waals surface area contributed by atoms with Crippen LogP contribution in [0, 0.1) is 17.1 Å². The van der Waals surface area contributed by atoms with Crippen molar-refractivity contribution in [3.8, 4) is 6.07 Å².